The molecule has 0 unspecified atom stereocenters. The lowest BCUT2D eigenvalue weighted by atomic mass is 10.1. The van der Waals surface area contributed by atoms with Crippen molar-refractivity contribution < 1.29 is 13.2 Å². The number of aromatic nitrogens is 3. The highest BCUT2D eigenvalue weighted by atomic mass is 32.1. The molecule has 0 radical (unpaired) electrons. The number of thiazole rings is 1. The topological polar surface area (TPSA) is 35.1 Å². The number of imidazole rings is 1. The van der Waals surface area contributed by atoms with Crippen LogP contribution in [0.5, 0.6) is 0 Å². The smallest absolute Gasteiger partial charge is 0.190 e. The average molecular weight is 414 g/mol. The second-order valence-corrected chi connectivity index (χ2v) is 7.23. The van der Waals surface area contributed by atoms with Gasteiger partial charge in [-0.3, -0.25) is 0 Å². The fourth-order valence-electron chi connectivity index (χ4n) is 3.02. The Morgan fingerprint density at radius 3 is 2.62 bits per heavy atom. The van der Waals surface area contributed by atoms with Gasteiger partial charge in [-0.25, -0.2) is 23.1 Å². The Hall–Kier alpha value is -3.13. The van der Waals surface area contributed by atoms with Gasteiger partial charge in [0.2, 0.25) is 0 Å². The van der Waals surface area contributed by atoms with Crippen LogP contribution in [-0.4, -0.2) is 14.1 Å². The quantitative estimate of drug-likeness (QED) is 0.430. The highest BCUT2D eigenvalue weighted by Gasteiger charge is 2.12. The van der Waals surface area contributed by atoms with E-state index in [0.717, 1.165) is 25.1 Å². The van der Waals surface area contributed by atoms with Gasteiger partial charge in [-0.2, -0.15) is 0 Å². The maximum absolute atomic E-state index is 14.4. The van der Waals surface area contributed by atoms with Crippen molar-refractivity contribution >= 4 is 17.0 Å². The average Bonchev–Trinajstić information content (AvgIpc) is 3.35. The molecule has 0 saturated heterocycles. The molecule has 2 heterocycles. The minimum atomic E-state index is -0.740. The first-order valence-corrected chi connectivity index (χ1v) is 9.88. The molecule has 4 nitrogen and oxygen atoms in total. The molecule has 0 amide bonds. The van der Waals surface area contributed by atoms with Crippen LogP contribution in [0.4, 0.5) is 18.9 Å². The second-order valence-electron chi connectivity index (χ2n) is 6.40. The molecule has 0 bridgehead atoms. The van der Waals surface area contributed by atoms with E-state index in [0.29, 0.717) is 22.6 Å². The van der Waals surface area contributed by atoms with E-state index in [1.54, 1.807) is 36.1 Å². The summed E-state index contributed by atoms with van der Waals surface area (Å²) in [6.45, 7) is 1.27. The summed E-state index contributed by atoms with van der Waals surface area (Å²) < 4.78 is 45.5. The first kappa shape index (κ1) is 19.2. The summed E-state index contributed by atoms with van der Waals surface area (Å²) in [5.41, 5.74) is 1.16. The number of hydrogen-bond acceptors (Lipinski definition) is 3. The minimum absolute atomic E-state index is 0.0386. The van der Waals surface area contributed by atoms with Crippen LogP contribution in [0.15, 0.2) is 71.6 Å². The molecule has 0 N–H and O–H groups in total. The Balaban J connectivity index is 1.74. The lowest BCUT2D eigenvalue weighted by Gasteiger charge is -2.10. The van der Waals surface area contributed by atoms with Gasteiger partial charge < -0.3 is 9.13 Å². The Morgan fingerprint density at radius 1 is 1.00 bits per heavy atom. The summed E-state index contributed by atoms with van der Waals surface area (Å²) in [6, 6.07) is 9.76. The Morgan fingerprint density at radius 2 is 1.86 bits per heavy atom. The summed E-state index contributed by atoms with van der Waals surface area (Å²) in [6.07, 6.45) is 6.05. The number of benzene rings is 2. The molecular formula is C21H17F3N4S. The van der Waals surface area contributed by atoms with E-state index in [4.69, 9.17) is 0 Å². The molecule has 148 valence electrons. The van der Waals surface area contributed by atoms with Crippen LogP contribution in [0.2, 0.25) is 0 Å². The molecular weight excluding hydrogens is 397 g/mol. The van der Waals surface area contributed by atoms with E-state index in [1.165, 1.54) is 23.5 Å². The van der Waals surface area contributed by atoms with E-state index in [9.17, 15) is 13.2 Å². The lowest BCUT2D eigenvalue weighted by Crippen LogP contribution is -2.17. The molecule has 0 fully saturated rings. The zero-order valence-electron chi connectivity index (χ0n) is 15.3. The summed E-state index contributed by atoms with van der Waals surface area (Å²) in [5, 5.41) is 1.80. The van der Waals surface area contributed by atoms with Crippen LogP contribution in [-0.2, 0) is 13.1 Å². The van der Waals surface area contributed by atoms with Crippen molar-refractivity contribution in [1.82, 2.24) is 14.1 Å². The van der Waals surface area contributed by atoms with E-state index in [1.807, 2.05) is 15.3 Å². The standard InChI is InChI=1S/C21H17F3N4S/c22-15-6-7-19(18(24)12-15)26-21-28(10-3-9-27-11-8-25-14-27)20(13-29-21)16-4-1-2-5-17(16)23/h1-2,4-8,11-14H,3,9-10H2. The van der Waals surface area contributed by atoms with Gasteiger partial charge in [0.15, 0.2) is 10.6 Å². The summed E-state index contributed by atoms with van der Waals surface area (Å²) in [5.74, 6) is -1.74. The van der Waals surface area contributed by atoms with Crippen molar-refractivity contribution in [2.24, 2.45) is 4.99 Å². The first-order chi connectivity index (χ1) is 14.1. The van der Waals surface area contributed by atoms with E-state index >= 15 is 0 Å². The third kappa shape index (κ3) is 4.32. The van der Waals surface area contributed by atoms with Crippen LogP contribution >= 0.6 is 11.3 Å². The van der Waals surface area contributed by atoms with E-state index in [-0.39, 0.29) is 11.5 Å². The van der Waals surface area contributed by atoms with E-state index < -0.39 is 11.6 Å². The van der Waals surface area contributed by atoms with Gasteiger partial charge in [0.1, 0.15) is 17.3 Å². The van der Waals surface area contributed by atoms with Crippen LogP contribution in [0.3, 0.4) is 0 Å². The Labute approximate surface area is 169 Å². The van der Waals surface area contributed by atoms with Crippen molar-refractivity contribution in [3.63, 3.8) is 0 Å². The third-order valence-electron chi connectivity index (χ3n) is 4.43. The molecule has 4 rings (SSSR count). The predicted molar refractivity (Wildman–Crippen MR) is 106 cm³/mol. The fraction of sp³-hybridized carbons (Fsp3) is 0.143. The van der Waals surface area contributed by atoms with Gasteiger partial charge in [-0.15, -0.1) is 11.3 Å². The van der Waals surface area contributed by atoms with Gasteiger partial charge in [-0.05, 0) is 30.7 Å². The molecule has 2 aromatic heterocycles. The molecule has 0 aliphatic rings. The Kier molecular flexibility index (Phi) is 5.62. The monoisotopic (exact) mass is 414 g/mol. The fourth-order valence-corrected chi connectivity index (χ4v) is 3.96. The highest BCUT2D eigenvalue weighted by molar-refractivity contribution is 7.07. The lowest BCUT2D eigenvalue weighted by molar-refractivity contribution is 0.555. The van der Waals surface area contributed by atoms with Crippen molar-refractivity contribution in [3.05, 3.63) is 88.8 Å². The van der Waals surface area contributed by atoms with Gasteiger partial charge in [0, 0.05) is 42.5 Å². The number of aryl methyl sites for hydroxylation is 1. The van der Waals surface area contributed by atoms with Crippen LogP contribution in [0.25, 0.3) is 11.3 Å². The third-order valence-corrected chi connectivity index (χ3v) is 5.29. The SMILES string of the molecule is Fc1ccc(N=c2scc(-c3ccccc3F)n2CCCn2ccnc2)c(F)c1. The van der Waals surface area contributed by atoms with Crippen molar-refractivity contribution in [2.75, 3.05) is 0 Å². The Bertz CT molecular complexity index is 1180. The largest absolute Gasteiger partial charge is 0.337 e. The van der Waals surface area contributed by atoms with Gasteiger partial charge >= 0.3 is 0 Å². The van der Waals surface area contributed by atoms with Gasteiger partial charge in [-0.1, -0.05) is 12.1 Å². The number of hydrogen-bond donors (Lipinski definition) is 0. The summed E-state index contributed by atoms with van der Waals surface area (Å²) in [7, 11) is 0. The van der Waals surface area contributed by atoms with Crippen LogP contribution in [0, 0.1) is 17.5 Å². The van der Waals surface area contributed by atoms with Crippen molar-refractivity contribution in [2.45, 2.75) is 19.5 Å². The molecule has 0 aliphatic heterocycles. The van der Waals surface area contributed by atoms with Crippen LogP contribution < -0.4 is 4.80 Å². The zero-order valence-corrected chi connectivity index (χ0v) is 16.1. The first-order valence-electron chi connectivity index (χ1n) is 9.00. The zero-order chi connectivity index (χ0) is 20.2. The van der Waals surface area contributed by atoms with Gasteiger partial charge in [0.05, 0.1) is 12.0 Å². The molecule has 4 aromatic rings. The number of halogens is 3. The van der Waals surface area contributed by atoms with Crippen molar-refractivity contribution in [3.8, 4) is 11.3 Å². The van der Waals surface area contributed by atoms with Crippen molar-refractivity contribution in [1.29, 1.82) is 0 Å². The second kappa shape index (κ2) is 8.48. The van der Waals surface area contributed by atoms with Crippen LogP contribution in [0.1, 0.15) is 6.42 Å². The minimum Gasteiger partial charge on any atom is -0.337 e. The molecule has 0 atom stereocenters. The molecule has 8 heteroatoms. The molecule has 2 aromatic carbocycles. The molecule has 29 heavy (non-hydrogen) atoms. The molecule has 0 spiro atoms. The number of nitrogens with zero attached hydrogens (tertiary/aromatic N) is 4. The summed E-state index contributed by atoms with van der Waals surface area (Å²) in [4.78, 5) is 8.91. The normalized spacial score (nSPS) is 11.9. The number of rotatable bonds is 6. The molecule has 0 saturated carbocycles. The highest BCUT2D eigenvalue weighted by Crippen LogP contribution is 2.24. The molecule has 0 aliphatic carbocycles. The van der Waals surface area contributed by atoms with Gasteiger partial charge in [0.25, 0.3) is 0 Å². The summed E-state index contributed by atoms with van der Waals surface area (Å²) >= 11 is 1.29. The van der Waals surface area contributed by atoms with E-state index in [2.05, 4.69) is 9.98 Å². The maximum Gasteiger partial charge on any atom is 0.190 e. The predicted octanol–water partition coefficient (Wildman–Crippen LogP) is 5.15. The maximum atomic E-state index is 14.4.